The molecule has 2 rings (SSSR count). The zero-order valence-corrected chi connectivity index (χ0v) is 18.1. The van der Waals surface area contributed by atoms with Crippen molar-refractivity contribution in [2.24, 2.45) is 5.92 Å². The molecule has 0 aliphatic heterocycles. The number of hydrogen-bond acceptors (Lipinski definition) is 0. The summed E-state index contributed by atoms with van der Waals surface area (Å²) in [5.74, 6) is 0.551. The normalized spacial score (nSPS) is 16.4. The van der Waals surface area contributed by atoms with Crippen molar-refractivity contribution < 1.29 is 23.3 Å². The Hall–Kier alpha value is 0.640. The van der Waals surface area contributed by atoms with Gasteiger partial charge in [0, 0.05) is 0 Å². The molecule has 1 unspecified atom stereocenters. The summed E-state index contributed by atoms with van der Waals surface area (Å²) in [4.78, 5) is 0. The molecular weight excluding hydrogens is 370 g/mol. The van der Waals surface area contributed by atoms with E-state index in [1.807, 2.05) is 19.0 Å². The van der Waals surface area contributed by atoms with Crippen LogP contribution in [-0.2, 0) is 23.3 Å². The summed E-state index contributed by atoms with van der Waals surface area (Å²) >= 11 is 1.58. The molecule has 1 atom stereocenters. The van der Waals surface area contributed by atoms with Crippen molar-refractivity contribution >= 4 is 31.7 Å². The Bertz CT molecular complexity index is 279. The van der Waals surface area contributed by atoms with Gasteiger partial charge < -0.3 is 14.9 Å². The van der Waals surface area contributed by atoms with Gasteiger partial charge in [-0.1, -0.05) is 19.8 Å². The van der Waals surface area contributed by atoms with E-state index < -0.39 is 0 Å². The average molecular weight is 397 g/mol. The fourth-order valence-electron chi connectivity index (χ4n) is 1.34. The van der Waals surface area contributed by atoms with Crippen LogP contribution in [0.2, 0.25) is 0 Å². The zero-order chi connectivity index (χ0) is 11.7. The van der Waals surface area contributed by atoms with Gasteiger partial charge in [0.2, 0.25) is 0 Å². The van der Waals surface area contributed by atoms with Gasteiger partial charge in [0.15, 0.2) is 0 Å². The van der Waals surface area contributed by atoms with Gasteiger partial charge in [-0.2, -0.15) is 12.2 Å². The van der Waals surface area contributed by atoms with E-state index in [1.165, 1.54) is 11.1 Å². The van der Waals surface area contributed by atoms with Crippen LogP contribution in [-0.4, -0.2) is 6.88 Å². The van der Waals surface area contributed by atoms with E-state index in [2.05, 4.69) is 45.1 Å². The first-order valence-electron chi connectivity index (χ1n) is 5.06. The van der Waals surface area contributed by atoms with Gasteiger partial charge in [0.1, 0.15) is 0 Å². The van der Waals surface area contributed by atoms with Crippen molar-refractivity contribution in [3.63, 3.8) is 0 Å². The second-order valence-electron chi connectivity index (χ2n) is 3.41. The minimum atomic E-state index is 0. The van der Waals surface area contributed by atoms with Crippen LogP contribution >= 0.6 is 24.8 Å². The maximum absolute atomic E-state index is 3.29. The molecule has 2 aliphatic carbocycles. The van der Waals surface area contributed by atoms with Crippen LogP contribution in [0.4, 0.5) is 0 Å². The molecule has 0 aromatic rings. The summed E-state index contributed by atoms with van der Waals surface area (Å²) in [6.45, 7) is 8.34. The Balaban J connectivity index is -0.0000000534. The van der Waals surface area contributed by atoms with Gasteiger partial charge in [-0.15, -0.1) is 38.2 Å². The molecule has 0 aromatic heterocycles. The standard InChI is InChI=1S/C8H11.C5H5.2CH3.2ClH.H2Si.Zr/c1-6-4-7(2)8(3)5-6;1-2-4-5-3-1;;;;;;/h4,6H,1-3H3;1-3H,4H2;2*1H3;2*1H;1H2;/q4*-1;;;;. The first-order chi connectivity index (χ1) is 7.20. The molecule has 0 saturated heterocycles. The molecule has 0 heterocycles. The molecule has 0 fully saturated rings. The Labute approximate surface area is 149 Å². The zero-order valence-electron chi connectivity index (χ0n) is 12.6. The van der Waals surface area contributed by atoms with Crippen molar-refractivity contribution in [2.45, 2.75) is 27.2 Å². The molecule has 0 N–H and O–H groups in total. The fourth-order valence-corrected chi connectivity index (χ4v) is 1.34. The number of hydrogen-bond donors (Lipinski definition) is 0. The maximum atomic E-state index is 3.29. The van der Waals surface area contributed by atoms with Crippen LogP contribution < -0.4 is 0 Å². The van der Waals surface area contributed by atoms with E-state index >= 15 is 0 Å². The molecule has 0 radical (unpaired) electrons. The van der Waals surface area contributed by atoms with Crippen molar-refractivity contribution in [1.29, 1.82) is 0 Å². The third-order valence-electron chi connectivity index (χ3n) is 2.12. The van der Waals surface area contributed by atoms with Gasteiger partial charge in [0.05, 0.1) is 0 Å². The van der Waals surface area contributed by atoms with E-state index in [1.54, 1.807) is 23.3 Å². The first-order valence-corrected chi connectivity index (χ1v) is 11.0. The van der Waals surface area contributed by atoms with E-state index in [9.17, 15) is 0 Å². The van der Waals surface area contributed by atoms with Crippen molar-refractivity contribution in [3.05, 3.63) is 62.5 Å². The third kappa shape index (κ3) is 16.6. The predicted octanol–water partition coefficient (Wildman–Crippen LogP) is 4.46. The second kappa shape index (κ2) is 20.9. The molecule has 4 heteroatoms. The number of halogens is 2. The van der Waals surface area contributed by atoms with Crippen molar-refractivity contribution in [3.8, 4) is 0 Å². The van der Waals surface area contributed by atoms with Crippen molar-refractivity contribution in [1.82, 2.24) is 0 Å². The van der Waals surface area contributed by atoms with Crippen LogP contribution in [0, 0.1) is 32.9 Å². The van der Waals surface area contributed by atoms with Gasteiger partial charge in [-0.3, -0.25) is 12.2 Å². The van der Waals surface area contributed by atoms with Gasteiger partial charge in [0.25, 0.3) is 0 Å². The van der Waals surface area contributed by atoms with E-state index in [0.29, 0.717) is 5.92 Å². The second-order valence-corrected chi connectivity index (χ2v) is 3.41. The molecule has 0 aromatic carbocycles. The predicted molar refractivity (Wildman–Crippen MR) is 92.8 cm³/mol. The topological polar surface area (TPSA) is 0 Å². The summed E-state index contributed by atoms with van der Waals surface area (Å²) in [7, 11) is 0. The minimum absolute atomic E-state index is 0. The quantitative estimate of drug-likeness (QED) is 0.419. The average Bonchev–Trinajstić information content (AvgIpc) is 2.85. The molecule has 19 heavy (non-hydrogen) atoms. The fraction of sp³-hybridized carbons (Fsp3) is 0.333. The van der Waals surface area contributed by atoms with E-state index in [4.69, 9.17) is 0 Å². The Morgan fingerprint density at radius 2 is 1.74 bits per heavy atom. The van der Waals surface area contributed by atoms with Gasteiger partial charge in [-0.25, -0.2) is 23.3 Å². The molecule has 0 amide bonds. The number of rotatable bonds is 0. The Kier molecular flexibility index (Phi) is 35.1. The van der Waals surface area contributed by atoms with Crippen LogP contribution in [0.5, 0.6) is 0 Å². The van der Waals surface area contributed by atoms with Gasteiger partial charge in [-0.05, 0) is 0 Å². The van der Waals surface area contributed by atoms with Crippen LogP contribution in [0.1, 0.15) is 27.2 Å². The van der Waals surface area contributed by atoms with Crippen LogP contribution in [0.15, 0.2) is 35.5 Å². The molecule has 0 spiro atoms. The number of allylic oxidation sites excluding steroid dienone is 8. The molecule has 2 aliphatic rings. The summed E-state index contributed by atoms with van der Waals surface area (Å²) in [5, 5.41) is 0. The Morgan fingerprint density at radius 1 is 1.21 bits per heavy atom. The molecule has 0 bridgehead atoms. The molecule has 112 valence electrons. The van der Waals surface area contributed by atoms with Gasteiger partial charge >= 0.3 is 30.2 Å². The monoisotopic (exact) mass is 394 g/mol. The van der Waals surface area contributed by atoms with E-state index in [0.717, 1.165) is 6.42 Å². The molecular formula is C15H26Cl2SiZr-4. The Morgan fingerprint density at radius 3 is 1.84 bits per heavy atom. The third-order valence-corrected chi connectivity index (χ3v) is 2.12. The molecule has 0 nitrogen and oxygen atoms in total. The van der Waals surface area contributed by atoms with Crippen molar-refractivity contribution in [2.75, 3.05) is 0 Å². The summed E-state index contributed by atoms with van der Waals surface area (Å²) in [5.41, 5.74) is 2.70. The summed E-state index contributed by atoms with van der Waals surface area (Å²) in [6.07, 6.45) is 15.5. The SMILES string of the molecule is CC1=[C-]C(C)C=C1C.Cl.Cl.[C-]1=CC=CC1.[CH3-].[CH3-].[SiH2]=[Zr]. The van der Waals surface area contributed by atoms with Crippen LogP contribution in [0.25, 0.3) is 0 Å². The summed E-state index contributed by atoms with van der Waals surface area (Å²) in [6, 6.07) is 0. The molecule has 0 saturated carbocycles. The van der Waals surface area contributed by atoms with Crippen LogP contribution in [0.3, 0.4) is 0 Å². The van der Waals surface area contributed by atoms with E-state index in [-0.39, 0.29) is 39.7 Å². The summed E-state index contributed by atoms with van der Waals surface area (Å²) < 4.78 is 0. The first kappa shape index (κ1) is 31.8.